The maximum atomic E-state index is 13.3. The molecule has 3 aromatic rings. The van der Waals surface area contributed by atoms with Gasteiger partial charge >= 0.3 is 6.03 Å². The van der Waals surface area contributed by atoms with E-state index in [4.69, 9.17) is 0 Å². The van der Waals surface area contributed by atoms with Crippen molar-refractivity contribution >= 4 is 28.4 Å². The predicted molar refractivity (Wildman–Crippen MR) is 114 cm³/mol. The molecule has 1 aromatic heterocycles. The molecule has 0 radical (unpaired) electrons. The number of nitrogens with one attached hydrogen (secondary N) is 1. The maximum Gasteiger partial charge on any atom is 0.326 e. The van der Waals surface area contributed by atoms with Gasteiger partial charge in [0.25, 0.3) is 5.91 Å². The summed E-state index contributed by atoms with van der Waals surface area (Å²) >= 11 is 1.22. The molecular formula is C22H20F2N4O2S. The number of halogens is 2. The Balaban J connectivity index is 1.33. The molecule has 6 nitrogen and oxygen atoms in total. The second-order valence-corrected chi connectivity index (χ2v) is 7.94. The molecule has 1 N–H and O–H groups in total. The molecule has 0 bridgehead atoms. The molecule has 0 unspecified atom stereocenters. The van der Waals surface area contributed by atoms with Crippen LogP contribution in [0.25, 0.3) is 0 Å². The minimum Gasteiger partial charge on any atom is -0.347 e. The minimum atomic E-state index is -0.966. The zero-order chi connectivity index (χ0) is 21.8. The van der Waals surface area contributed by atoms with E-state index in [1.807, 2.05) is 30.3 Å². The van der Waals surface area contributed by atoms with Gasteiger partial charge in [0.1, 0.15) is 5.69 Å². The molecule has 1 fully saturated rings. The normalized spacial score (nSPS) is 13.7. The molecule has 4 rings (SSSR count). The molecule has 0 saturated carbocycles. The van der Waals surface area contributed by atoms with Crippen LogP contribution >= 0.6 is 11.3 Å². The lowest BCUT2D eigenvalue weighted by atomic mass is 10.1. The molecule has 0 atom stereocenters. The Morgan fingerprint density at radius 2 is 1.87 bits per heavy atom. The third-order valence-electron chi connectivity index (χ3n) is 5.00. The highest BCUT2D eigenvalue weighted by Gasteiger charge is 2.31. The predicted octanol–water partition coefficient (Wildman–Crippen LogP) is 3.84. The fraction of sp³-hybridized carbons (Fsp3) is 0.227. The Morgan fingerprint density at radius 3 is 2.65 bits per heavy atom. The first-order chi connectivity index (χ1) is 15.0. The van der Waals surface area contributed by atoms with Crippen molar-refractivity contribution in [1.82, 2.24) is 15.2 Å². The number of nitrogens with zero attached hydrogens (tertiary/aromatic N) is 3. The number of rotatable bonds is 7. The molecule has 1 aliphatic heterocycles. The van der Waals surface area contributed by atoms with E-state index < -0.39 is 17.5 Å². The molecule has 160 valence electrons. The molecule has 2 aromatic carbocycles. The number of thiazole rings is 1. The lowest BCUT2D eigenvalue weighted by molar-refractivity contribution is 0.0946. The minimum absolute atomic E-state index is 0.0405. The monoisotopic (exact) mass is 442 g/mol. The van der Waals surface area contributed by atoms with Crippen molar-refractivity contribution in [3.05, 3.63) is 82.4 Å². The number of benzene rings is 2. The lowest BCUT2D eigenvalue weighted by Crippen LogP contribution is -2.33. The van der Waals surface area contributed by atoms with Crippen LogP contribution in [0.2, 0.25) is 0 Å². The van der Waals surface area contributed by atoms with Gasteiger partial charge in [0.15, 0.2) is 16.8 Å². The van der Waals surface area contributed by atoms with Gasteiger partial charge in [0.05, 0.1) is 0 Å². The lowest BCUT2D eigenvalue weighted by Gasteiger charge is -2.16. The zero-order valence-corrected chi connectivity index (χ0v) is 17.4. The highest BCUT2D eigenvalue weighted by molar-refractivity contribution is 7.14. The third-order valence-corrected chi connectivity index (χ3v) is 5.86. The summed E-state index contributed by atoms with van der Waals surface area (Å²) in [6, 6.07) is 13.3. The van der Waals surface area contributed by atoms with Crippen molar-refractivity contribution in [2.75, 3.05) is 24.5 Å². The van der Waals surface area contributed by atoms with Gasteiger partial charge in [-0.1, -0.05) is 36.4 Å². The molecular weight excluding hydrogens is 422 g/mol. The van der Waals surface area contributed by atoms with Crippen LogP contribution < -0.4 is 10.2 Å². The average Bonchev–Trinajstić information content (AvgIpc) is 3.40. The molecule has 2 heterocycles. The van der Waals surface area contributed by atoms with E-state index in [9.17, 15) is 18.4 Å². The molecule has 31 heavy (non-hydrogen) atoms. The fourth-order valence-corrected chi connectivity index (χ4v) is 4.12. The maximum absolute atomic E-state index is 13.3. The number of hydrogen-bond donors (Lipinski definition) is 1. The van der Waals surface area contributed by atoms with Crippen LogP contribution in [0.15, 0.2) is 53.9 Å². The number of urea groups is 1. The zero-order valence-electron chi connectivity index (χ0n) is 16.6. The first-order valence-corrected chi connectivity index (χ1v) is 10.7. The summed E-state index contributed by atoms with van der Waals surface area (Å²) in [7, 11) is 0. The van der Waals surface area contributed by atoms with E-state index in [-0.39, 0.29) is 18.3 Å². The van der Waals surface area contributed by atoms with Gasteiger partial charge in [0.2, 0.25) is 0 Å². The summed E-state index contributed by atoms with van der Waals surface area (Å²) < 4.78 is 26.3. The number of hydrogen-bond acceptors (Lipinski definition) is 4. The number of carbonyl (C=O) groups excluding carboxylic acids is 2. The molecule has 3 amide bonds. The quantitative estimate of drug-likeness (QED) is 0.605. The highest BCUT2D eigenvalue weighted by Crippen LogP contribution is 2.25. The van der Waals surface area contributed by atoms with E-state index in [0.717, 1.165) is 18.6 Å². The summed E-state index contributed by atoms with van der Waals surface area (Å²) in [4.78, 5) is 32.7. The Bertz CT molecular complexity index is 1090. The van der Waals surface area contributed by atoms with Crippen molar-refractivity contribution in [3.8, 4) is 0 Å². The summed E-state index contributed by atoms with van der Waals surface area (Å²) in [5.41, 5.74) is 1.78. The Morgan fingerprint density at radius 1 is 1.06 bits per heavy atom. The van der Waals surface area contributed by atoms with Gasteiger partial charge in [-0.05, 0) is 29.7 Å². The second-order valence-electron chi connectivity index (χ2n) is 7.10. The molecule has 1 aliphatic rings. The van der Waals surface area contributed by atoms with Crippen LogP contribution in [0.5, 0.6) is 0 Å². The van der Waals surface area contributed by atoms with Crippen LogP contribution in [0.4, 0.5) is 18.7 Å². The van der Waals surface area contributed by atoms with Crippen molar-refractivity contribution in [3.63, 3.8) is 0 Å². The Labute approximate surface area is 182 Å². The topological polar surface area (TPSA) is 65.5 Å². The summed E-state index contributed by atoms with van der Waals surface area (Å²) in [6.45, 7) is 1.77. The van der Waals surface area contributed by atoms with Crippen LogP contribution in [0.3, 0.4) is 0 Å². The van der Waals surface area contributed by atoms with E-state index in [0.29, 0.717) is 30.3 Å². The number of amides is 3. The van der Waals surface area contributed by atoms with Crippen molar-refractivity contribution in [1.29, 1.82) is 0 Å². The first kappa shape index (κ1) is 20.9. The van der Waals surface area contributed by atoms with Gasteiger partial charge < -0.3 is 10.2 Å². The van der Waals surface area contributed by atoms with Crippen LogP contribution in [-0.4, -0.2) is 41.5 Å². The van der Waals surface area contributed by atoms with Gasteiger partial charge in [-0.25, -0.2) is 18.6 Å². The Hall–Kier alpha value is -3.33. The first-order valence-electron chi connectivity index (χ1n) is 9.79. The van der Waals surface area contributed by atoms with Crippen molar-refractivity contribution in [2.45, 2.75) is 13.0 Å². The van der Waals surface area contributed by atoms with E-state index in [1.165, 1.54) is 23.0 Å². The molecule has 0 aliphatic carbocycles. The molecule has 9 heteroatoms. The van der Waals surface area contributed by atoms with Crippen LogP contribution in [-0.2, 0) is 13.0 Å². The highest BCUT2D eigenvalue weighted by atomic mass is 32.1. The van der Waals surface area contributed by atoms with Gasteiger partial charge in [0, 0.05) is 31.6 Å². The SMILES string of the molecule is O=C(NCc1ccc(F)c(F)c1)c1csc(N2CCN(CCc3ccccc3)C2=O)n1. The van der Waals surface area contributed by atoms with Crippen LogP contribution in [0.1, 0.15) is 21.6 Å². The third kappa shape index (κ3) is 4.88. The van der Waals surface area contributed by atoms with Gasteiger partial charge in [-0.15, -0.1) is 11.3 Å². The van der Waals surface area contributed by atoms with E-state index >= 15 is 0 Å². The largest absolute Gasteiger partial charge is 0.347 e. The summed E-state index contributed by atoms with van der Waals surface area (Å²) in [5.74, 6) is -2.35. The number of aromatic nitrogens is 1. The summed E-state index contributed by atoms with van der Waals surface area (Å²) in [5, 5.41) is 4.67. The van der Waals surface area contributed by atoms with Gasteiger partial charge in [-0.2, -0.15) is 0 Å². The molecule has 1 saturated heterocycles. The Kier molecular flexibility index (Phi) is 6.22. The standard InChI is InChI=1S/C22H20F2N4O2S/c23-17-7-6-16(12-18(17)24)13-25-20(29)19-14-31-21(26-19)28-11-10-27(22(28)30)9-8-15-4-2-1-3-5-15/h1-7,12,14H,8-11,13H2,(H,25,29). The van der Waals surface area contributed by atoms with E-state index in [1.54, 1.807) is 15.2 Å². The van der Waals surface area contributed by atoms with Crippen LogP contribution in [0, 0.1) is 11.6 Å². The number of anilines is 1. The summed E-state index contributed by atoms with van der Waals surface area (Å²) in [6.07, 6.45) is 0.774. The van der Waals surface area contributed by atoms with E-state index in [2.05, 4.69) is 10.3 Å². The smallest absolute Gasteiger partial charge is 0.326 e. The fourth-order valence-electron chi connectivity index (χ4n) is 3.29. The van der Waals surface area contributed by atoms with Crippen molar-refractivity contribution in [2.24, 2.45) is 0 Å². The second kappa shape index (κ2) is 9.22. The number of carbonyl (C=O) groups is 2. The van der Waals surface area contributed by atoms with Gasteiger partial charge in [-0.3, -0.25) is 9.69 Å². The molecule has 0 spiro atoms. The van der Waals surface area contributed by atoms with Crippen molar-refractivity contribution < 1.29 is 18.4 Å². The average molecular weight is 442 g/mol.